The molecule has 4 heterocycles. The number of imidazole rings is 1. The first kappa shape index (κ1) is 24.8. The van der Waals surface area contributed by atoms with Gasteiger partial charge >= 0.3 is 0 Å². The van der Waals surface area contributed by atoms with Crippen molar-refractivity contribution in [3.05, 3.63) is 102 Å². The second kappa shape index (κ2) is 10.2. The first-order chi connectivity index (χ1) is 18.3. The van der Waals surface area contributed by atoms with Gasteiger partial charge in [0.05, 0.1) is 12.0 Å². The van der Waals surface area contributed by atoms with E-state index in [0.717, 1.165) is 12.1 Å². The summed E-state index contributed by atoms with van der Waals surface area (Å²) >= 11 is 0. The third-order valence-corrected chi connectivity index (χ3v) is 6.56. The molecule has 0 amide bonds. The monoisotopic (exact) mass is 535 g/mol. The van der Waals surface area contributed by atoms with Crippen molar-refractivity contribution < 1.29 is 21.9 Å². The predicted molar refractivity (Wildman–Crippen MR) is 139 cm³/mol. The van der Waals surface area contributed by atoms with Crippen LogP contribution < -0.4 is 10.0 Å². The minimum absolute atomic E-state index is 0.0438. The Labute approximate surface area is 215 Å². The van der Waals surface area contributed by atoms with E-state index in [-0.39, 0.29) is 12.4 Å². The Hall–Kier alpha value is -4.91. The Bertz CT molecular complexity index is 1750. The lowest BCUT2D eigenvalue weighted by molar-refractivity contribution is 0.272. The number of anilines is 3. The summed E-state index contributed by atoms with van der Waals surface area (Å²) in [5, 5.41) is 2.16. The van der Waals surface area contributed by atoms with E-state index < -0.39 is 38.1 Å². The molecule has 0 aliphatic carbocycles. The molecule has 0 atom stereocenters. The number of benzene rings is 1. The molecule has 4 aromatic rings. The number of hydrogen-bond donors (Lipinski definition) is 3. The smallest absolute Gasteiger partial charge is 0.295 e. The second-order valence-electron chi connectivity index (χ2n) is 7.87. The first-order valence-electron chi connectivity index (χ1n) is 11.1. The maximum atomic E-state index is 15.5. The Kier molecular flexibility index (Phi) is 6.66. The van der Waals surface area contributed by atoms with Crippen LogP contribution in [0, 0.1) is 11.6 Å². The van der Waals surface area contributed by atoms with Gasteiger partial charge in [-0.05, 0) is 35.9 Å². The summed E-state index contributed by atoms with van der Waals surface area (Å²) in [5.41, 5.74) is 0.866. The number of pyridine rings is 1. The number of halogens is 2. The minimum atomic E-state index is -4.39. The molecule has 1 aliphatic heterocycles. The number of ether oxygens (including phenoxy) is 1. The molecule has 13 heteroatoms. The first-order valence-corrected chi connectivity index (χ1v) is 12.6. The molecule has 0 bridgehead atoms. The van der Waals surface area contributed by atoms with E-state index >= 15 is 4.39 Å². The highest BCUT2D eigenvalue weighted by Gasteiger charge is 2.24. The van der Waals surface area contributed by atoms with Gasteiger partial charge in [-0.2, -0.15) is 8.42 Å². The number of sulfonamides is 1. The van der Waals surface area contributed by atoms with Crippen LogP contribution in [0.1, 0.15) is 0 Å². The van der Waals surface area contributed by atoms with Crippen molar-refractivity contribution in [3.63, 3.8) is 0 Å². The van der Waals surface area contributed by atoms with Gasteiger partial charge in [0.15, 0.2) is 11.5 Å². The van der Waals surface area contributed by atoms with Crippen molar-refractivity contribution in [2.75, 3.05) is 16.6 Å². The standard InChI is InChI=1S/C25H19F2N7O3S/c1-15-6-3-2-4-11-37-19(12-15)38(35,36)34-18-9-8-17(26)22(20(18)27)33-24-16(7-5-10-28-24)21-23-25(31-13-29-21)32-14-30-23/h2-10,12-14,34H,1,11H2,(H,28,33)(H,29,30,31,32)/b4-2-,6-3-,19-12+. The number of nitrogens with one attached hydrogen (secondary N) is 3. The van der Waals surface area contributed by atoms with Crippen LogP contribution in [0.15, 0.2) is 90.7 Å². The lowest BCUT2D eigenvalue weighted by atomic mass is 10.1. The van der Waals surface area contributed by atoms with Crippen molar-refractivity contribution in [2.45, 2.75) is 0 Å². The SMILES string of the molecule is C=C1/C=C\C=C/CO/C(S(=O)(=O)Nc2ccc(F)c(Nc3ncccc3-c3ncnc4[nH]cnc34)c2F)=C\1. The van der Waals surface area contributed by atoms with E-state index in [1.165, 1.54) is 24.9 Å². The third kappa shape index (κ3) is 4.99. The number of aromatic amines is 1. The molecule has 38 heavy (non-hydrogen) atoms. The molecule has 0 saturated heterocycles. The fourth-order valence-electron chi connectivity index (χ4n) is 3.56. The van der Waals surface area contributed by atoms with Crippen molar-refractivity contribution >= 4 is 38.4 Å². The molecule has 10 nitrogen and oxygen atoms in total. The summed E-state index contributed by atoms with van der Waals surface area (Å²) in [6.07, 6.45) is 11.9. The summed E-state index contributed by atoms with van der Waals surface area (Å²) in [7, 11) is -4.39. The van der Waals surface area contributed by atoms with E-state index in [0.29, 0.717) is 28.0 Å². The van der Waals surface area contributed by atoms with Crippen molar-refractivity contribution in [1.82, 2.24) is 24.9 Å². The highest BCUT2D eigenvalue weighted by Crippen LogP contribution is 2.34. The zero-order valence-corrected chi connectivity index (χ0v) is 20.3. The van der Waals surface area contributed by atoms with E-state index in [9.17, 15) is 12.8 Å². The number of fused-ring (bicyclic) bond motifs is 1. The number of aromatic nitrogens is 5. The average Bonchev–Trinajstić information content (AvgIpc) is 3.42. The fraction of sp³-hybridized carbons (Fsp3) is 0.0400. The zero-order valence-electron chi connectivity index (χ0n) is 19.5. The fourth-order valence-corrected chi connectivity index (χ4v) is 4.63. The molecule has 0 saturated carbocycles. The van der Waals surface area contributed by atoms with E-state index in [2.05, 4.69) is 41.5 Å². The van der Waals surface area contributed by atoms with Crippen LogP contribution in [-0.4, -0.2) is 39.9 Å². The second-order valence-corrected chi connectivity index (χ2v) is 9.49. The quantitative estimate of drug-likeness (QED) is 0.323. The van der Waals surface area contributed by atoms with Gasteiger partial charge in [0.25, 0.3) is 10.0 Å². The van der Waals surface area contributed by atoms with Crippen LogP contribution in [0.4, 0.5) is 26.0 Å². The summed E-state index contributed by atoms with van der Waals surface area (Å²) in [6, 6.07) is 5.16. The molecule has 0 spiro atoms. The Morgan fingerprint density at radius 3 is 2.82 bits per heavy atom. The summed E-state index contributed by atoms with van der Waals surface area (Å²) in [6.45, 7) is 3.70. The molecular weight excluding hydrogens is 516 g/mol. The van der Waals surface area contributed by atoms with Gasteiger partial charge in [0.2, 0.25) is 5.09 Å². The Balaban J connectivity index is 1.50. The normalized spacial score (nSPS) is 16.9. The number of rotatable bonds is 6. The molecule has 3 aromatic heterocycles. The van der Waals surface area contributed by atoms with Crippen LogP contribution in [-0.2, 0) is 14.8 Å². The topological polar surface area (TPSA) is 135 Å². The lowest BCUT2D eigenvalue weighted by Gasteiger charge is -2.16. The molecule has 0 unspecified atom stereocenters. The minimum Gasteiger partial charge on any atom is -0.478 e. The Morgan fingerprint density at radius 2 is 1.95 bits per heavy atom. The molecule has 5 rings (SSSR count). The molecule has 3 N–H and O–H groups in total. The highest BCUT2D eigenvalue weighted by atomic mass is 32.2. The Morgan fingerprint density at radius 1 is 1.08 bits per heavy atom. The number of nitrogens with zero attached hydrogens (tertiary/aromatic N) is 4. The molecule has 1 aromatic carbocycles. The molecule has 192 valence electrons. The number of hydrogen-bond acceptors (Lipinski definition) is 8. The summed E-state index contributed by atoms with van der Waals surface area (Å²) in [4.78, 5) is 19.6. The van der Waals surface area contributed by atoms with Crippen LogP contribution >= 0.6 is 0 Å². The third-order valence-electron chi connectivity index (χ3n) is 5.31. The number of H-pyrrole nitrogens is 1. The average molecular weight is 536 g/mol. The maximum Gasteiger partial charge on any atom is 0.295 e. The van der Waals surface area contributed by atoms with E-state index in [1.807, 2.05) is 0 Å². The van der Waals surface area contributed by atoms with Crippen molar-refractivity contribution in [1.29, 1.82) is 0 Å². The van der Waals surface area contributed by atoms with Crippen molar-refractivity contribution in [2.24, 2.45) is 0 Å². The van der Waals surface area contributed by atoms with Crippen LogP contribution in [0.3, 0.4) is 0 Å². The maximum absolute atomic E-state index is 15.5. The van der Waals surface area contributed by atoms with E-state index in [4.69, 9.17) is 4.74 Å². The van der Waals surface area contributed by atoms with Gasteiger partial charge in [-0.1, -0.05) is 24.8 Å². The molecular formula is C25H19F2N7O3S. The van der Waals surface area contributed by atoms with Crippen LogP contribution in [0.2, 0.25) is 0 Å². The van der Waals surface area contributed by atoms with Gasteiger partial charge in [-0.15, -0.1) is 0 Å². The van der Waals surface area contributed by atoms with Crippen LogP contribution in [0.25, 0.3) is 22.4 Å². The summed E-state index contributed by atoms with van der Waals surface area (Å²) in [5.74, 6) is -2.11. The zero-order chi connectivity index (χ0) is 26.7. The van der Waals surface area contributed by atoms with Gasteiger partial charge in [0, 0.05) is 17.8 Å². The van der Waals surface area contributed by atoms with Gasteiger partial charge < -0.3 is 15.0 Å². The highest BCUT2D eigenvalue weighted by molar-refractivity contribution is 7.96. The molecule has 0 fully saturated rings. The lowest BCUT2D eigenvalue weighted by Crippen LogP contribution is -2.19. The van der Waals surface area contributed by atoms with E-state index in [1.54, 1.807) is 36.4 Å². The molecule has 1 aliphatic rings. The van der Waals surface area contributed by atoms with Crippen molar-refractivity contribution in [3.8, 4) is 11.3 Å². The van der Waals surface area contributed by atoms with Gasteiger partial charge in [0.1, 0.15) is 41.5 Å². The van der Waals surface area contributed by atoms with Crippen LogP contribution in [0.5, 0.6) is 0 Å². The largest absolute Gasteiger partial charge is 0.478 e. The molecule has 0 radical (unpaired) electrons. The van der Waals surface area contributed by atoms with Gasteiger partial charge in [-0.25, -0.2) is 28.7 Å². The predicted octanol–water partition coefficient (Wildman–Crippen LogP) is 4.72. The summed E-state index contributed by atoms with van der Waals surface area (Å²) < 4.78 is 63.8. The van der Waals surface area contributed by atoms with Gasteiger partial charge in [-0.3, -0.25) is 4.72 Å². The number of allylic oxidation sites excluding steroid dienone is 5.